The van der Waals surface area contributed by atoms with Crippen LogP contribution in [-0.2, 0) is 10.0 Å². The van der Waals surface area contributed by atoms with Gasteiger partial charge in [0.05, 0.1) is 17.9 Å². The molecule has 0 radical (unpaired) electrons. The van der Waals surface area contributed by atoms with Crippen LogP contribution in [0.3, 0.4) is 0 Å². The third-order valence-electron chi connectivity index (χ3n) is 6.54. The molecule has 0 rings (SSSR count). The standard InChI is InChI=1S/C28H53N3O2S/c1-2-3-4-23-28-34(32,33)31(26-21-17-13-9-5-7-11-15-19-24-29)27-22-18-14-10-6-8-12-16-20-25-30/h2-23,26-28H2,1H3. The van der Waals surface area contributed by atoms with Gasteiger partial charge in [0.1, 0.15) is 0 Å². The van der Waals surface area contributed by atoms with Crippen LogP contribution in [0.15, 0.2) is 0 Å². The third kappa shape index (κ3) is 21.4. The molecule has 198 valence electrons. The van der Waals surface area contributed by atoms with Crippen molar-refractivity contribution in [2.45, 2.75) is 148 Å². The normalized spacial score (nSPS) is 11.5. The molecule has 0 saturated heterocycles. The quantitative estimate of drug-likeness (QED) is 0.113. The van der Waals surface area contributed by atoms with Crippen LogP contribution < -0.4 is 0 Å². The highest BCUT2D eigenvalue weighted by atomic mass is 32.2. The fourth-order valence-electron chi connectivity index (χ4n) is 4.34. The Kier molecular flexibility index (Phi) is 24.2. The molecular formula is C28H53N3O2S. The van der Waals surface area contributed by atoms with E-state index in [9.17, 15) is 8.42 Å². The summed E-state index contributed by atoms with van der Waals surface area (Å²) in [4.78, 5) is 0. The molecular weight excluding hydrogens is 442 g/mol. The van der Waals surface area contributed by atoms with Crippen LogP contribution in [-0.4, -0.2) is 31.6 Å². The van der Waals surface area contributed by atoms with E-state index in [1.807, 2.05) is 0 Å². The second-order valence-electron chi connectivity index (χ2n) is 9.75. The van der Waals surface area contributed by atoms with E-state index >= 15 is 0 Å². The second-order valence-corrected chi connectivity index (χ2v) is 11.8. The summed E-state index contributed by atoms with van der Waals surface area (Å²) in [6.45, 7) is 3.51. The molecule has 0 N–H and O–H groups in total. The molecule has 0 unspecified atom stereocenters. The van der Waals surface area contributed by atoms with Gasteiger partial charge in [-0.25, -0.2) is 12.7 Å². The van der Waals surface area contributed by atoms with Gasteiger partial charge in [0, 0.05) is 25.9 Å². The van der Waals surface area contributed by atoms with E-state index in [1.165, 1.54) is 51.4 Å². The first-order valence-electron chi connectivity index (χ1n) is 14.3. The van der Waals surface area contributed by atoms with E-state index in [0.717, 1.165) is 77.0 Å². The van der Waals surface area contributed by atoms with Gasteiger partial charge in [0.2, 0.25) is 10.0 Å². The smallest absolute Gasteiger partial charge is 0.212 e. The highest BCUT2D eigenvalue weighted by Gasteiger charge is 2.20. The van der Waals surface area contributed by atoms with Gasteiger partial charge in [-0.1, -0.05) is 103 Å². The van der Waals surface area contributed by atoms with Crippen LogP contribution in [0, 0.1) is 22.7 Å². The average Bonchev–Trinajstić information content (AvgIpc) is 2.82. The minimum Gasteiger partial charge on any atom is -0.212 e. The monoisotopic (exact) mass is 495 g/mol. The Labute approximate surface area is 212 Å². The lowest BCUT2D eigenvalue weighted by Gasteiger charge is -2.22. The van der Waals surface area contributed by atoms with Crippen molar-refractivity contribution in [1.29, 1.82) is 10.5 Å². The molecule has 0 amide bonds. The first-order chi connectivity index (χ1) is 16.6. The van der Waals surface area contributed by atoms with Gasteiger partial charge in [-0.05, 0) is 32.1 Å². The maximum absolute atomic E-state index is 13.0. The third-order valence-corrected chi connectivity index (χ3v) is 8.50. The zero-order valence-corrected chi connectivity index (χ0v) is 23.1. The van der Waals surface area contributed by atoms with Gasteiger partial charge >= 0.3 is 0 Å². The molecule has 0 aliphatic rings. The number of sulfonamides is 1. The predicted octanol–water partition coefficient (Wildman–Crippen LogP) is 8.27. The zero-order chi connectivity index (χ0) is 25.2. The van der Waals surface area contributed by atoms with Crippen LogP contribution in [0.5, 0.6) is 0 Å². The Morgan fingerprint density at radius 3 is 1.26 bits per heavy atom. The lowest BCUT2D eigenvalue weighted by Crippen LogP contribution is -2.35. The first kappa shape index (κ1) is 32.9. The van der Waals surface area contributed by atoms with Gasteiger partial charge in [-0.2, -0.15) is 10.5 Å². The lowest BCUT2D eigenvalue weighted by molar-refractivity contribution is 0.382. The molecule has 6 heteroatoms. The topological polar surface area (TPSA) is 85.0 Å². The predicted molar refractivity (Wildman–Crippen MR) is 144 cm³/mol. The van der Waals surface area contributed by atoms with Crippen molar-refractivity contribution in [1.82, 2.24) is 4.31 Å². The van der Waals surface area contributed by atoms with Gasteiger partial charge < -0.3 is 0 Å². The maximum atomic E-state index is 13.0. The minimum absolute atomic E-state index is 0.304. The number of unbranched alkanes of at least 4 members (excludes halogenated alkanes) is 19. The second kappa shape index (κ2) is 25.0. The Hall–Kier alpha value is -1.11. The van der Waals surface area contributed by atoms with E-state index in [0.29, 0.717) is 31.7 Å². The largest absolute Gasteiger partial charge is 0.214 e. The Morgan fingerprint density at radius 2 is 0.882 bits per heavy atom. The molecule has 0 fully saturated rings. The summed E-state index contributed by atoms with van der Waals surface area (Å²) in [5.41, 5.74) is 0. The van der Waals surface area contributed by atoms with Crippen molar-refractivity contribution in [3.05, 3.63) is 0 Å². The number of hydrogen-bond donors (Lipinski definition) is 0. The Balaban J connectivity index is 4.16. The summed E-state index contributed by atoms with van der Waals surface area (Å²) >= 11 is 0. The van der Waals surface area contributed by atoms with E-state index in [4.69, 9.17) is 10.5 Å². The zero-order valence-electron chi connectivity index (χ0n) is 22.2. The lowest BCUT2D eigenvalue weighted by atomic mass is 10.1. The van der Waals surface area contributed by atoms with Crippen molar-refractivity contribution >= 4 is 10.0 Å². The molecule has 5 nitrogen and oxygen atoms in total. The molecule has 34 heavy (non-hydrogen) atoms. The summed E-state index contributed by atoms with van der Waals surface area (Å²) in [6, 6.07) is 4.40. The summed E-state index contributed by atoms with van der Waals surface area (Å²) in [5.74, 6) is 0.304. The fraction of sp³-hybridized carbons (Fsp3) is 0.929. The SMILES string of the molecule is CCCCCCS(=O)(=O)N(CCCCCCCCCCC#N)CCCCCCCCCCC#N. The molecule has 0 aliphatic heterocycles. The van der Waals surface area contributed by atoms with Crippen LogP contribution >= 0.6 is 0 Å². The van der Waals surface area contributed by atoms with E-state index in [1.54, 1.807) is 4.31 Å². The van der Waals surface area contributed by atoms with Gasteiger partial charge in [0.15, 0.2) is 0 Å². The van der Waals surface area contributed by atoms with Crippen molar-refractivity contribution in [3.8, 4) is 12.1 Å². The number of hydrogen-bond acceptors (Lipinski definition) is 4. The molecule has 0 spiro atoms. The van der Waals surface area contributed by atoms with Crippen LogP contribution in [0.4, 0.5) is 0 Å². The van der Waals surface area contributed by atoms with E-state index in [-0.39, 0.29) is 0 Å². The van der Waals surface area contributed by atoms with Gasteiger partial charge in [-0.3, -0.25) is 0 Å². The Bertz CT molecular complexity index is 589. The summed E-state index contributed by atoms with van der Waals surface area (Å²) < 4.78 is 27.7. The molecule has 0 aromatic carbocycles. The van der Waals surface area contributed by atoms with Crippen molar-refractivity contribution in [2.24, 2.45) is 0 Å². The highest BCUT2D eigenvalue weighted by Crippen LogP contribution is 2.15. The molecule has 0 aromatic heterocycles. The number of nitriles is 2. The molecule has 0 heterocycles. The summed E-state index contributed by atoms with van der Waals surface area (Å²) in [7, 11) is -3.14. The molecule has 0 aromatic rings. The Morgan fingerprint density at radius 1 is 0.529 bits per heavy atom. The summed E-state index contributed by atoms with van der Waals surface area (Å²) in [5, 5.41) is 17.1. The fourth-order valence-corrected chi connectivity index (χ4v) is 5.98. The van der Waals surface area contributed by atoms with Crippen molar-refractivity contribution < 1.29 is 8.42 Å². The summed E-state index contributed by atoms with van der Waals surface area (Å²) in [6.07, 6.45) is 23.5. The van der Waals surface area contributed by atoms with E-state index < -0.39 is 10.0 Å². The van der Waals surface area contributed by atoms with Crippen LogP contribution in [0.1, 0.15) is 148 Å². The molecule has 0 atom stereocenters. The molecule has 0 bridgehead atoms. The van der Waals surface area contributed by atoms with Crippen LogP contribution in [0.25, 0.3) is 0 Å². The number of nitrogens with zero attached hydrogens (tertiary/aromatic N) is 3. The van der Waals surface area contributed by atoms with Crippen molar-refractivity contribution in [2.75, 3.05) is 18.8 Å². The first-order valence-corrected chi connectivity index (χ1v) is 15.9. The molecule has 0 saturated carbocycles. The van der Waals surface area contributed by atoms with Crippen LogP contribution in [0.2, 0.25) is 0 Å². The average molecular weight is 496 g/mol. The van der Waals surface area contributed by atoms with E-state index in [2.05, 4.69) is 19.1 Å². The maximum Gasteiger partial charge on any atom is 0.214 e. The van der Waals surface area contributed by atoms with Gasteiger partial charge in [-0.15, -0.1) is 0 Å². The molecule has 0 aliphatic carbocycles. The van der Waals surface area contributed by atoms with Crippen molar-refractivity contribution in [3.63, 3.8) is 0 Å². The highest BCUT2D eigenvalue weighted by molar-refractivity contribution is 7.89. The number of rotatable bonds is 26. The minimum atomic E-state index is -3.14. The van der Waals surface area contributed by atoms with Gasteiger partial charge in [0.25, 0.3) is 0 Å².